The Morgan fingerprint density at radius 3 is 2.88 bits per heavy atom. The molecule has 0 spiro atoms. The molecule has 1 aliphatic heterocycles. The van der Waals surface area contributed by atoms with E-state index in [2.05, 4.69) is 20.5 Å². The summed E-state index contributed by atoms with van der Waals surface area (Å²) in [4.78, 5) is 2.61. The van der Waals surface area contributed by atoms with Crippen LogP contribution in [0.3, 0.4) is 0 Å². The Kier molecular flexibility index (Phi) is 5.10. The fraction of sp³-hybridized carbons (Fsp3) is 0.579. The molecule has 1 aliphatic carbocycles. The van der Waals surface area contributed by atoms with Crippen molar-refractivity contribution in [2.45, 2.75) is 50.4 Å². The maximum atomic E-state index is 5.53. The third-order valence-electron chi connectivity index (χ3n) is 5.57. The molecule has 2 heterocycles. The molecule has 0 radical (unpaired) electrons. The zero-order chi connectivity index (χ0) is 17.1. The van der Waals surface area contributed by atoms with Gasteiger partial charge in [0.25, 0.3) is 0 Å². The minimum atomic E-state index is 0.409. The summed E-state index contributed by atoms with van der Waals surface area (Å²) in [6, 6.07) is 11.3. The van der Waals surface area contributed by atoms with Crippen molar-refractivity contribution in [2.24, 2.45) is 0 Å². The summed E-state index contributed by atoms with van der Waals surface area (Å²) in [7, 11) is 1.83. The highest BCUT2D eigenvalue weighted by atomic mass is 16.5. The van der Waals surface area contributed by atoms with Gasteiger partial charge in [-0.25, -0.2) is 4.68 Å². The highest BCUT2D eigenvalue weighted by Crippen LogP contribution is 2.28. The fourth-order valence-corrected chi connectivity index (χ4v) is 4.19. The van der Waals surface area contributed by atoms with Gasteiger partial charge in [0.1, 0.15) is 0 Å². The third-order valence-corrected chi connectivity index (χ3v) is 5.57. The first kappa shape index (κ1) is 16.7. The molecule has 1 saturated heterocycles. The van der Waals surface area contributed by atoms with Gasteiger partial charge >= 0.3 is 0 Å². The summed E-state index contributed by atoms with van der Waals surface area (Å²) in [6.45, 7) is 3.00. The second kappa shape index (κ2) is 7.64. The van der Waals surface area contributed by atoms with E-state index >= 15 is 0 Å². The van der Waals surface area contributed by atoms with Crippen molar-refractivity contribution in [3.63, 3.8) is 0 Å². The second-order valence-electron chi connectivity index (χ2n) is 7.12. The van der Waals surface area contributed by atoms with Gasteiger partial charge in [-0.2, -0.15) is 0 Å². The number of ether oxygens (including phenoxy) is 1. The number of methoxy groups -OCH3 is 1. The first-order valence-electron chi connectivity index (χ1n) is 9.30. The van der Waals surface area contributed by atoms with E-state index in [4.69, 9.17) is 4.74 Å². The summed E-state index contributed by atoms with van der Waals surface area (Å²) >= 11 is 0. The summed E-state index contributed by atoms with van der Waals surface area (Å²) in [5.74, 6) is 0. The van der Waals surface area contributed by atoms with Crippen LogP contribution in [0.2, 0.25) is 0 Å². The van der Waals surface area contributed by atoms with E-state index in [0.717, 1.165) is 37.4 Å². The number of hydrogen-bond acceptors (Lipinski definition) is 5. The second-order valence-corrected chi connectivity index (χ2v) is 7.12. The van der Waals surface area contributed by atoms with E-state index < -0.39 is 0 Å². The van der Waals surface area contributed by atoms with Crippen LogP contribution in [0.15, 0.2) is 36.5 Å². The molecule has 2 fully saturated rings. The molecular weight excluding hydrogens is 314 g/mol. The van der Waals surface area contributed by atoms with Gasteiger partial charge in [0, 0.05) is 38.8 Å². The van der Waals surface area contributed by atoms with E-state index in [9.17, 15) is 0 Å². The van der Waals surface area contributed by atoms with E-state index in [0.29, 0.717) is 18.2 Å². The van der Waals surface area contributed by atoms with Gasteiger partial charge in [-0.1, -0.05) is 29.8 Å². The molecule has 4 rings (SSSR count). The lowest BCUT2D eigenvalue weighted by Gasteiger charge is -2.29. The standard InChI is InChI=1S/C19H27N5O/c1-25-17-10-11-23(14-17)19-9-5-8-18(19)20-12-15-13-24(22-21-15)16-6-3-2-4-7-16/h2-4,6-7,13,17-20H,5,8-12,14H2,1H3/t17?,18-,19+/m1/s1. The maximum absolute atomic E-state index is 5.53. The van der Waals surface area contributed by atoms with E-state index in [1.165, 1.54) is 19.3 Å². The lowest BCUT2D eigenvalue weighted by molar-refractivity contribution is 0.0979. The fourth-order valence-electron chi connectivity index (χ4n) is 4.19. The van der Waals surface area contributed by atoms with Crippen molar-refractivity contribution >= 4 is 0 Å². The molecule has 2 aromatic rings. The maximum Gasteiger partial charge on any atom is 0.0969 e. The minimum absolute atomic E-state index is 0.409. The van der Waals surface area contributed by atoms with Gasteiger partial charge in [0.05, 0.1) is 23.7 Å². The van der Waals surface area contributed by atoms with Crippen LogP contribution >= 0.6 is 0 Å². The van der Waals surface area contributed by atoms with Crippen molar-refractivity contribution in [3.05, 3.63) is 42.2 Å². The quantitative estimate of drug-likeness (QED) is 0.871. The third kappa shape index (κ3) is 3.76. The highest BCUT2D eigenvalue weighted by molar-refractivity contribution is 5.29. The molecule has 3 atom stereocenters. The van der Waals surface area contributed by atoms with Crippen LogP contribution in [-0.4, -0.2) is 58.3 Å². The molecule has 1 N–H and O–H groups in total. The van der Waals surface area contributed by atoms with Gasteiger partial charge in [-0.15, -0.1) is 5.10 Å². The summed E-state index contributed by atoms with van der Waals surface area (Å²) in [5.41, 5.74) is 2.04. The number of aromatic nitrogens is 3. The normalized spacial score (nSPS) is 27.2. The Balaban J connectivity index is 1.34. The molecule has 1 unspecified atom stereocenters. The summed E-state index contributed by atoms with van der Waals surface area (Å²) in [5, 5.41) is 12.3. The Bertz CT molecular complexity index is 673. The average Bonchev–Trinajstić information content (AvgIpc) is 3.39. The minimum Gasteiger partial charge on any atom is -0.380 e. The van der Waals surface area contributed by atoms with E-state index in [-0.39, 0.29) is 0 Å². The molecule has 0 bridgehead atoms. The number of benzene rings is 1. The Hall–Kier alpha value is -1.76. The highest BCUT2D eigenvalue weighted by Gasteiger charge is 2.35. The Morgan fingerprint density at radius 1 is 1.20 bits per heavy atom. The zero-order valence-corrected chi connectivity index (χ0v) is 14.8. The van der Waals surface area contributed by atoms with Crippen molar-refractivity contribution in [1.29, 1.82) is 0 Å². The molecule has 0 amide bonds. The number of nitrogens with zero attached hydrogens (tertiary/aromatic N) is 4. The smallest absolute Gasteiger partial charge is 0.0969 e. The molecule has 25 heavy (non-hydrogen) atoms. The summed E-state index contributed by atoms with van der Waals surface area (Å²) in [6.07, 6.45) is 7.41. The molecule has 1 saturated carbocycles. The van der Waals surface area contributed by atoms with Crippen molar-refractivity contribution < 1.29 is 4.74 Å². The first-order valence-corrected chi connectivity index (χ1v) is 9.30. The van der Waals surface area contributed by atoms with Crippen LogP contribution in [-0.2, 0) is 11.3 Å². The zero-order valence-electron chi connectivity index (χ0n) is 14.8. The van der Waals surface area contributed by atoms with Crippen LogP contribution in [0.4, 0.5) is 0 Å². The molecule has 134 valence electrons. The molecule has 1 aromatic heterocycles. The first-order chi connectivity index (χ1) is 12.3. The van der Waals surface area contributed by atoms with Crippen molar-refractivity contribution in [1.82, 2.24) is 25.2 Å². The number of para-hydroxylation sites is 1. The van der Waals surface area contributed by atoms with Crippen LogP contribution in [0, 0.1) is 0 Å². The largest absolute Gasteiger partial charge is 0.380 e. The van der Waals surface area contributed by atoms with Gasteiger partial charge < -0.3 is 10.1 Å². The topological polar surface area (TPSA) is 55.2 Å². The average molecular weight is 341 g/mol. The predicted octanol–water partition coefficient (Wildman–Crippen LogP) is 2.00. The monoisotopic (exact) mass is 341 g/mol. The summed E-state index contributed by atoms with van der Waals surface area (Å²) < 4.78 is 7.37. The molecule has 1 aromatic carbocycles. The number of hydrogen-bond donors (Lipinski definition) is 1. The number of likely N-dealkylation sites (tertiary alicyclic amines) is 1. The molecule has 6 nitrogen and oxygen atoms in total. The molecule has 2 aliphatic rings. The van der Waals surface area contributed by atoms with Crippen molar-refractivity contribution in [2.75, 3.05) is 20.2 Å². The van der Waals surface area contributed by atoms with Gasteiger partial charge in [-0.3, -0.25) is 4.90 Å². The lowest BCUT2D eigenvalue weighted by Crippen LogP contribution is -2.46. The van der Waals surface area contributed by atoms with Crippen molar-refractivity contribution in [3.8, 4) is 5.69 Å². The molecular formula is C19H27N5O. The lowest BCUT2D eigenvalue weighted by atomic mass is 10.1. The van der Waals surface area contributed by atoms with Gasteiger partial charge in [0.2, 0.25) is 0 Å². The molecule has 6 heteroatoms. The predicted molar refractivity (Wildman–Crippen MR) is 96.6 cm³/mol. The van der Waals surface area contributed by atoms with Crippen LogP contribution in [0.25, 0.3) is 5.69 Å². The van der Waals surface area contributed by atoms with Gasteiger partial charge in [-0.05, 0) is 31.4 Å². The number of nitrogens with one attached hydrogen (secondary N) is 1. The Labute approximate surface area is 149 Å². The number of rotatable bonds is 6. The van der Waals surface area contributed by atoms with Crippen LogP contribution in [0.5, 0.6) is 0 Å². The van der Waals surface area contributed by atoms with Gasteiger partial charge in [0.15, 0.2) is 0 Å². The Morgan fingerprint density at radius 2 is 2.08 bits per heavy atom. The van der Waals surface area contributed by atoms with E-state index in [1.807, 2.05) is 48.3 Å². The van der Waals surface area contributed by atoms with E-state index in [1.54, 1.807) is 0 Å². The SMILES string of the molecule is COC1CCN([C@H]2CCC[C@H]2NCc2cn(-c3ccccc3)nn2)C1. The van der Waals surface area contributed by atoms with Crippen LogP contribution in [0.1, 0.15) is 31.4 Å². The van der Waals surface area contributed by atoms with Crippen LogP contribution < -0.4 is 5.32 Å².